The number of hydrogen-bond donors (Lipinski definition) is 3. The van der Waals surface area contributed by atoms with Crippen molar-refractivity contribution >= 4 is 12.0 Å². The van der Waals surface area contributed by atoms with E-state index >= 15 is 0 Å². The molecule has 0 saturated heterocycles. The monoisotopic (exact) mass is 270 g/mol. The van der Waals surface area contributed by atoms with E-state index in [1.165, 1.54) is 6.42 Å². The topological polar surface area (TPSA) is 78.4 Å². The van der Waals surface area contributed by atoms with Gasteiger partial charge in [-0.2, -0.15) is 0 Å². The maximum absolute atomic E-state index is 11.8. The van der Waals surface area contributed by atoms with Crippen LogP contribution >= 0.6 is 0 Å². The standard InChI is InChI=1S/C14H26N2O3/c1-5-14(7-6-8-14)9-15-12(19)16-10(11(17)18)13(2,3)4/h10H,5-9H2,1-4H3,(H,17,18)(H2,15,16,19). The van der Waals surface area contributed by atoms with Crippen LogP contribution in [0.1, 0.15) is 53.4 Å². The number of carboxylic acids is 1. The van der Waals surface area contributed by atoms with Gasteiger partial charge in [-0.3, -0.25) is 0 Å². The van der Waals surface area contributed by atoms with Gasteiger partial charge in [0.05, 0.1) is 0 Å². The number of carbonyl (C=O) groups excluding carboxylic acids is 1. The summed E-state index contributed by atoms with van der Waals surface area (Å²) in [5, 5.41) is 14.5. The van der Waals surface area contributed by atoms with Gasteiger partial charge in [0.2, 0.25) is 0 Å². The van der Waals surface area contributed by atoms with Crippen LogP contribution in [-0.2, 0) is 4.79 Å². The third-order valence-electron chi connectivity index (χ3n) is 4.18. The number of urea groups is 1. The molecule has 0 aliphatic heterocycles. The van der Waals surface area contributed by atoms with Gasteiger partial charge in [-0.1, -0.05) is 34.1 Å². The Balaban J connectivity index is 2.47. The summed E-state index contributed by atoms with van der Waals surface area (Å²) in [4.78, 5) is 23.0. The van der Waals surface area contributed by atoms with Gasteiger partial charge in [0.25, 0.3) is 0 Å². The van der Waals surface area contributed by atoms with Crippen LogP contribution in [0.4, 0.5) is 4.79 Å². The number of rotatable bonds is 5. The van der Waals surface area contributed by atoms with E-state index in [0.717, 1.165) is 19.3 Å². The molecule has 2 amide bonds. The van der Waals surface area contributed by atoms with E-state index in [1.807, 2.05) is 0 Å². The third kappa shape index (κ3) is 4.11. The average Bonchev–Trinajstić information content (AvgIpc) is 2.23. The molecule has 1 aliphatic carbocycles. The highest BCUT2D eigenvalue weighted by atomic mass is 16.4. The fourth-order valence-electron chi connectivity index (χ4n) is 2.43. The molecule has 5 heteroatoms. The second kappa shape index (κ2) is 5.80. The van der Waals surface area contributed by atoms with E-state index in [0.29, 0.717) is 6.54 Å². The number of aliphatic carboxylic acids is 1. The van der Waals surface area contributed by atoms with Gasteiger partial charge in [0.15, 0.2) is 0 Å². The highest BCUT2D eigenvalue weighted by Gasteiger charge is 2.36. The van der Waals surface area contributed by atoms with E-state index in [1.54, 1.807) is 20.8 Å². The first kappa shape index (κ1) is 15.8. The summed E-state index contributed by atoms with van der Waals surface area (Å²) in [7, 11) is 0. The number of hydrogen-bond acceptors (Lipinski definition) is 2. The molecule has 19 heavy (non-hydrogen) atoms. The Labute approximate surface area is 115 Å². The molecule has 0 aromatic rings. The zero-order valence-electron chi connectivity index (χ0n) is 12.4. The van der Waals surface area contributed by atoms with E-state index < -0.39 is 17.4 Å². The summed E-state index contributed by atoms with van der Waals surface area (Å²) in [6.45, 7) is 8.16. The van der Waals surface area contributed by atoms with Crippen molar-refractivity contribution in [1.82, 2.24) is 10.6 Å². The van der Waals surface area contributed by atoms with Gasteiger partial charge in [-0.25, -0.2) is 9.59 Å². The summed E-state index contributed by atoms with van der Waals surface area (Å²) >= 11 is 0. The maximum Gasteiger partial charge on any atom is 0.326 e. The maximum atomic E-state index is 11.8. The molecule has 1 saturated carbocycles. The van der Waals surface area contributed by atoms with Crippen LogP contribution in [0, 0.1) is 10.8 Å². The van der Waals surface area contributed by atoms with Gasteiger partial charge >= 0.3 is 12.0 Å². The minimum atomic E-state index is -1.00. The zero-order valence-corrected chi connectivity index (χ0v) is 12.4. The average molecular weight is 270 g/mol. The zero-order chi connectivity index (χ0) is 14.7. The predicted octanol–water partition coefficient (Wildman–Crippen LogP) is 2.37. The smallest absolute Gasteiger partial charge is 0.326 e. The first-order valence-electron chi connectivity index (χ1n) is 6.97. The predicted molar refractivity (Wildman–Crippen MR) is 74.0 cm³/mol. The lowest BCUT2D eigenvalue weighted by atomic mass is 9.67. The van der Waals surface area contributed by atoms with Crippen molar-refractivity contribution in [3.8, 4) is 0 Å². The molecule has 1 aliphatic rings. The highest BCUT2D eigenvalue weighted by molar-refractivity contribution is 5.83. The van der Waals surface area contributed by atoms with Crippen LogP contribution in [-0.4, -0.2) is 29.7 Å². The minimum absolute atomic E-state index is 0.234. The number of carboxylic acid groups (broad SMARTS) is 1. The first-order valence-corrected chi connectivity index (χ1v) is 6.97. The number of amides is 2. The van der Waals surface area contributed by atoms with E-state index in [4.69, 9.17) is 5.11 Å². The second-order valence-electron chi connectivity index (χ2n) is 6.67. The van der Waals surface area contributed by atoms with Crippen molar-refractivity contribution in [3.05, 3.63) is 0 Å². The number of nitrogens with one attached hydrogen (secondary N) is 2. The molecule has 0 aromatic heterocycles. The molecule has 0 spiro atoms. The summed E-state index contributed by atoms with van der Waals surface area (Å²) in [5.41, 5.74) is -0.278. The molecule has 0 bridgehead atoms. The Kier molecular flexibility index (Phi) is 4.82. The van der Waals surface area contributed by atoms with Gasteiger partial charge in [-0.05, 0) is 30.1 Å². The van der Waals surface area contributed by atoms with Crippen molar-refractivity contribution < 1.29 is 14.7 Å². The van der Waals surface area contributed by atoms with Crippen LogP contribution < -0.4 is 10.6 Å². The SMILES string of the molecule is CCC1(CNC(=O)NC(C(=O)O)C(C)(C)C)CCC1. The lowest BCUT2D eigenvalue weighted by Crippen LogP contribution is -2.54. The molecule has 3 N–H and O–H groups in total. The molecule has 0 aromatic carbocycles. The Morgan fingerprint density at radius 3 is 2.21 bits per heavy atom. The Bertz CT molecular complexity index is 338. The Hall–Kier alpha value is -1.26. The molecule has 1 rings (SSSR count). The van der Waals surface area contributed by atoms with Crippen molar-refractivity contribution in [1.29, 1.82) is 0 Å². The molecular weight excluding hydrogens is 244 g/mol. The van der Waals surface area contributed by atoms with Crippen LogP contribution in [0.2, 0.25) is 0 Å². The fraction of sp³-hybridized carbons (Fsp3) is 0.857. The van der Waals surface area contributed by atoms with Crippen molar-refractivity contribution in [2.45, 2.75) is 59.4 Å². The van der Waals surface area contributed by atoms with Gasteiger partial charge in [0.1, 0.15) is 6.04 Å². The van der Waals surface area contributed by atoms with Crippen LogP contribution in [0.15, 0.2) is 0 Å². The third-order valence-corrected chi connectivity index (χ3v) is 4.18. The summed E-state index contributed by atoms with van der Waals surface area (Å²) < 4.78 is 0. The quantitative estimate of drug-likeness (QED) is 0.717. The Morgan fingerprint density at radius 2 is 1.89 bits per heavy atom. The van der Waals surface area contributed by atoms with Crippen LogP contribution in [0.5, 0.6) is 0 Å². The highest BCUT2D eigenvalue weighted by Crippen LogP contribution is 2.42. The van der Waals surface area contributed by atoms with Gasteiger partial charge in [-0.15, -0.1) is 0 Å². The van der Waals surface area contributed by atoms with Crippen LogP contribution in [0.3, 0.4) is 0 Å². The normalized spacial score (nSPS) is 19.2. The molecule has 1 unspecified atom stereocenters. The molecule has 0 radical (unpaired) electrons. The largest absolute Gasteiger partial charge is 0.480 e. The molecule has 1 atom stereocenters. The molecule has 1 fully saturated rings. The van der Waals surface area contributed by atoms with E-state index in [2.05, 4.69) is 17.6 Å². The van der Waals surface area contributed by atoms with Crippen molar-refractivity contribution in [3.63, 3.8) is 0 Å². The lowest BCUT2D eigenvalue weighted by molar-refractivity contribution is -0.141. The molecular formula is C14H26N2O3. The van der Waals surface area contributed by atoms with Crippen molar-refractivity contribution in [2.75, 3.05) is 6.54 Å². The Morgan fingerprint density at radius 1 is 1.32 bits per heavy atom. The summed E-state index contributed by atoms with van der Waals surface area (Å²) in [6, 6.07) is -1.27. The second-order valence-corrected chi connectivity index (χ2v) is 6.67. The molecule has 5 nitrogen and oxygen atoms in total. The van der Waals surface area contributed by atoms with Gasteiger partial charge < -0.3 is 15.7 Å². The summed E-state index contributed by atoms with van der Waals surface area (Å²) in [6.07, 6.45) is 4.56. The van der Waals surface area contributed by atoms with E-state index in [9.17, 15) is 9.59 Å². The molecule has 110 valence electrons. The first-order chi connectivity index (χ1) is 8.70. The number of carbonyl (C=O) groups is 2. The minimum Gasteiger partial charge on any atom is -0.480 e. The lowest BCUT2D eigenvalue weighted by Gasteiger charge is -2.41. The fourth-order valence-corrected chi connectivity index (χ4v) is 2.43. The summed E-state index contributed by atoms with van der Waals surface area (Å²) in [5.74, 6) is -1.00. The van der Waals surface area contributed by atoms with Gasteiger partial charge in [0, 0.05) is 6.54 Å². The van der Waals surface area contributed by atoms with Crippen molar-refractivity contribution in [2.24, 2.45) is 10.8 Å². The van der Waals surface area contributed by atoms with Crippen LogP contribution in [0.25, 0.3) is 0 Å². The molecule has 0 heterocycles. The van der Waals surface area contributed by atoms with E-state index in [-0.39, 0.29) is 11.4 Å².